The molecule has 8 heteroatoms. The van der Waals surface area contributed by atoms with Gasteiger partial charge < -0.3 is 52.4 Å². The number of piperidine rings is 6. The van der Waals surface area contributed by atoms with Crippen molar-refractivity contribution < 1.29 is 52.4 Å². The second kappa shape index (κ2) is 20.0. The summed E-state index contributed by atoms with van der Waals surface area (Å²) in [5.74, 6) is 2.59. The number of halogens is 2. The van der Waals surface area contributed by atoms with Gasteiger partial charge in [0.1, 0.15) is 25.2 Å². The molecule has 4 aromatic carbocycles. The van der Waals surface area contributed by atoms with Crippen molar-refractivity contribution in [1.29, 1.82) is 0 Å². The lowest BCUT2D eigenvalue weighted by atomic mass is 9.69. The Morgan fingerprint density at radius 2 is 1.22 bits per heavy atom. The number of nitrogens with zero attached hydrogens (tertiary/aromatic N) is 4. The zero-order valence-corrected chi connectivity index (χ0v) is 41.0. The van der Waals surface area contributed by atoms with Gasteiger partial charge in [0.2, 0.25) is 0 Å². The minimum Gasteiger partial charge on any atom is -1.00 e. The number of hydrogen-bond donors (Lipinski definition) is 0. The van der Waals surface area contributed by atoms with Crippen molar-refractivity contribution in [2.24, 2.45) is 23.7 Å². The smallest absolute Gasteiger partial charge is 0.135 e. The molecule has 6 fully saturated rings. The molecule has 336 valence electrons. The van der Waals surface area contributed by atoms with Crippen LogP contribution in [0.3, 0.4) is 0 Å². The number of quaternary nitrogens is 2. The van der Waals surface area contributed by atoms with Crippen molar-refractivity contribution in [2.75, 3.05) is 39.4 Å². The van der Waals surface area contributed by atoms with Crippen LogP contribution in [0.4, 0.5) is 0 Å². The highest BCUT2D eigenvalue weighted by atomic mass is 79.9. The number of pyridine rings is 2. The molecule has 0 N–H and O–H groups in total. The van der Waals surface area contributed by atoms with E-state index < -0.39 is 0 Å². The number of aromatic nitrogens is 2. The molecule has 2 aromatic heterocycles. The SMILES string of the molecule is C=CCOC(c1ccnc2ccccc12)C1C[N+]2(Cc3ccc4ccc(C[N+]56CCC(CC5C(OCC=C)c5ccnc7ccccc57)C(CC)C6)cc4c3)CCC1CC2CC.[Br-].[Br-]. The monoisotopic (exact) mass is 984 g/mol. The molecule has 64 heavy (non-hydrogen) atoms. The lowest BCUT2D eigenvalue weighted by Gasteiger charge is -2.59. The molecule has 6 aromatic rings. The Labute approximate surface area is 402 Å². The van der Waals surface area contributed by atoms with Gasteiger partial charge in [-0.2, -0.15) is 0 Å². The number of fused-ring (bicyclic) bond motifs is 9. The van der Waals surface area contributed by atoms with Gasteiger partial charge in [0, 0.05) is 71.8 Å². The topological polar surface area (TPSA) is 44.2 Å². The molecule has 0 amide bonds. The van der Waals surface area contributed by atoms with E-state index in [9.17, 15) is 0 Å². The molecule has 6 saturated heterocycles. The molecular formula is C56H66Br2N4O2. The summed E-state index contributed by atoms with van der Waals surface area (Å²) in [6, 6.07) is 37.4. The summed E-state index contributed by atoms with van der Waals surface area (Å²) < 4.78 is 16.0. The summed E-state index contributed by atoms with van der Waals surface area (Å²) in [7, 11) is 0. The fourth-order valence-electron chi connectivity index (χ4n) is 13.5. The minimum absolute atomic E-state index is 0. The van der Waals surface area contributed by atoms with E-state index in [1.807, 2.05) is 24.5 Å². The summed E-state index contributed by atoms with van der Waals surface area (Å²) in [5.41, 5.74) is 7.55. The molecule has 0 spiro atoms. The van der Waals surface area contributed by atoms with Crippen molar-refractivity contribution in [2.45, 2.75) is 89.8 Å². The average Bonchev–Trinajstić information content (AvgIpc) is 3.32. The zero-order chi connectivity index (χ0) is 42.3. The number of rotatable bonds is 16. The van der Waals surface area contributed by atoms with Gasteiger partial charge in [-0.25, -0.2) is 0 Å². The van der Waals surface area contributed by atoms with Crippen LogP contribution in [-0.2, 0) is 22.6 Å². The normalized spacial score (nSPS) is 28.0. The summed E-state index contributed by atoms with van der Waals surface area (Å²) in [4.78, 5) is 9.48. The third-order valence-corrected chi connectivity index (χ3v) is 16.4. The summed E-state index contributed by atoms with van der Waals surface area (Å²) in [5, 5.41) is 5.13. The Morgan fingerprint density at radius 1 is 0.641 bits per heavy atom. The quantitative estimate of drug-likeness (QED) is 0.0870. The van der Waals surface area contributed by atoms with Crippen LogP contribution >= 0.6 is 0 Å². The average molecular weight is 987 g/mol. The van der Waals surface area contributed by atoms with Crippen LogP contribution in [0.5, 0.6) is 0 Å². The van der Waals surface area contributed by atoms with Gasteiger partial charge in [0.05, 0.1) is 62.6 Å². The molecule has 8 heterocycles. The van der Waals surface area contributed by atoms with E-state index in [4.69, 9.17) is 19.4 Å². The molecule has 10 atom stereocenters. The second-order valence-corrected chi connectivity index (χ2v) is 19.5. The van der Waals surface area contributed by atoms with Crippen molar-refractivity contribution >= 4 is 32.6 Å². The van der Waals surface area contributed by atoms with Gasteiger partial charge in [0.15, 0.2) is 0 Å². The fourth-order valence-corrected chi connectivity index (χ4v) is 13.5. The van der Waals surface area contributed by atoms with Crippen molar-refractivity contribution in [3.63, 3.8) is 0 Å². The maximum atomic E-state index is 6.92. The maximum absolute atomic E-state index is 6.92. The van der Waals surface area contributed by atoms with Gasteiger partial charge in [-0.15, -0.1) is 13.2 Å². The standard InChI is InChI=1S/C56H66N4O2.2BrH/c1-5-29-61-55(49-21-25-57-52-15-11-9-13-47(49)52)51-38-59(27-24-44(51)33-46(59)8-4)35-39-17-19-42-20-18-40(32-45(42)31-39)36-60-28-23-43(41(7-3)37-60)34-54(60)56(62-30-6-2)50-22-26-58-53-16-12-10-14-48(50)53;;/h5-6,9-22,25-26,31-32,41,43-44,46,51,54-56H,1-2,7-8,23-24,27-30,33-38H2,3-4H3;2*1H/q+2;;/p-2. The summed E-state index contributed by atoms with van der Waals surface area (Å²) in [6.45, 7) is 21.0. The largest absolute Gasteiger partial charge is 1.00 e. The molecule has 4 bridgehead atoms. The first-order valence-electron chi connectivity index (χ1n) is 23.8. The first-order chi connectivity index (χ1) is 30.4. The van der Waals surface area contributed by atoms with Crippen LogP contribution in [0.25, 0.3) is 32.6 Å². The Balaban J connectivity index is 0.00000280. The molecule has 6 aliphatic heterocycles. The highest BCUT2D eigenvalue weighted by Gasteiger charge is 2.56. The predicted molar refractivity (Wildman–Crippen MR) is 253 cm³/mol. The first-order valence-corrected chi connectivity index (χ1v) is 23.8. The van der Waals surface area contributed by atoms with Crippen molar-refractivity contribution in [1.82, 2.24) is 9.97 Å². The third kappa shape index (κ3) is 8.68. The van der Waals surface area contributed by atoms with E-state index in [2.05, 4.69) is 124 Å². The van der Waals surface area contributed by atoms with Crippen molar-refractivity contribution in [3.05, 3.63) is 157 Å². The molecule has 10 unspecified atom stereocenters. The molecule has 0 saturated carbocycles. The fraction of sp³-hybridized carbons (Fsp3) is 0.429. The van der Waals surface area contributed by atoms with E-state index in [1.165, 1.54) is 102 Å². The maximum Gasteiger partial charge on any atom is 0.135 e. The third-order valence-electron chi connectivity index (χ3n) is 16.4. The number of hydrogen-bond acceptors (Lipinski definition) is 4. The Morgan fingerprint density at radius 3 is 1.84 bits per heavy atom. The predicted octanol–water partition coefficient (Wildman–Crippen LogP) is 6.10. The second-order valence-electron chi connectivity index (χ2n) is 19.5. The Bertz CT molecular complexity index is 2570. The summed E-state index contributed by atoms with van der Waals surface area (Å²) >= 11 is 0. The van der Waals surface area contributed by atoms with Crippen LogP contribution in [0.2, 0.25) is 0 Å². The van der Waals surface area contributed by atoms with E-state index in [0.29, 0.717) is 37.1 Å². The molecule has 0 aliphatic carbocycles. The van der Waals surface area contributed by atoms with Crippen LogP contribution < -0.4 is 34.0 Å². The van der Waals surface area contributed by atoms with Gasteiger partial charge >= 0.3 is 0 Å². The number of para-hydroxylation sites is 2. The number of benzene rings is 4. The van der Waals surface area contributed by atoms with Crippen LogP contribution in [0, 0.1) is 23.7 Å². The van der Waals surface area contributed by atoms with Gasteiger partial charge in [0.25, 0.3) is 0 Å². The highest BCUT2D eigenvalue weighted by Crippen LogP contribution is 2.52. The van der Waals surface area contributed by atoms with E-state index >= 15 is 0 Å². The molecule has 12 rings (SSSR count). The van der Waals surface area contributed by atoms with Crippen molar-refractivity contribution in [3.8, 4) is 0 Å². The van der Waals surface area contributed by atoms with Crippen LogP contribution in [0.15, 0.2) is 135 Å². The van der Waals surface area contributed by atoms with E-state index in [-0.39, 0.29) is 46.2 Å². The van der Waals surface area contributed by atoms with Crippen LogP contribution in [0.1, 0.15) is 86.8 Å². The first kappa shape index (κ1) is 46.8. The van der Waals surface area contributed by atoms with E-state index in [1.54, 1.807) is 0 Å². The Hall–Kier alpha value is -3.76. The molecule has 6 nitrogen and oxygen atoms in total. The Kier molecular flexibility index (Phi) is 14.6. The summed E-state index contributed by atoms with van der Waals surface area (Å²) in [6.07, 6.45) is 15.3. The molecule has 0 radical (unpaired) electrons. The lowest BCUT2D eigenvalue weighted by molar-refractivity contribution is -0.986. The van der Waals surface area contributed by atoms with Gasteiger partial charge in [-0.1, -0.05) is 86.7 Å². The van der Waals surface area contributed by atoms with Gasteiger partial charge in [-0.3, -0.25) is 9.97 Å². The van der Waals surface area contributed by atoms with Crippen LogP contribution in [-0.4, -0.2) is 70.4 Å². The molecule has 6 aliphatic rings. The highest BCUT2D eigenvalue weighted by molar-refractivity contribution is 5.84. The zero-order valence-electron chi connectivity index (χ0n) is 37.8. The number of ether oxygens (including phenoxy) is 2. The lowest BCUT2D eigenvalue weighted by Crippen LogP contribution is -3.00. The molecular weight excluding hydrogens is 920 g/mol. The van der Waals surface area contributed by atoms with E-state index in [0.717, 1.165) is 51.5 Å². The van der Waals surface area contributed by atoms with Gasteiger partial charge in [-0.05, 0) is 83.0 Å². The minimum atomic E-state index is -0.0226.